The largest absolute Gasteiger partial charge is 0.496 e. The van der Waals surface area contributed by atoms with E-state index in [4.69, 9.17) is 9.26 Å². The first-order valence-electron chi connectivity index (χ1n) is 8.32. The van der Waals surface area contributed by atoms with Gasteiger partial charge in [-0.25, -0.2) is 0 Å². The van der Waals surface area contributed by atoms with Crippen LogP contribution in [0.5, 0.6) is 5.75 Å². The van der Waals surface area contributed by atoms with Gasteiger partial charge in [-0.15, -0.1) is 0 Å². The summed E-state index contributed by atoms with van der Waals surface area (Å²) in [6.45, 7) is 5.82. The number of ether oxygens (including phenoxy) is 1. The molecule has 1 amide bonds. The van der Waals surface area contributed by atoms with Crippen LogP contribution in [0.3, 0.4) is 0 Å². The molecule has 1 aromatic carbocycles. The van der Waals surface area contributed by atoms with Crippen LogP contribution < -0.4 is 10.1 Å². The third-order valence-electron chi connectivity index (χ3n) is 4.00. The van der Waals surface area contributed by atoms with Crippen LogP contribution in [0.15, 0.2) is 34.9 Å². The molecule has 0 aliphatic heterocycles. The van der Waals surface area contributed by atoms with E-state index in [0.717, 1.165) is 5.56 Å². The van der Waals surface area contributed by atoms with Gasteiger partial charge < -0.3 is 19.7 Å². The SMILES string of the molecule is COc1ccccc1CC(CNC(=O)c1cc(C(C)(C)C)on1)C(=O)O. The van der Waals surface area contributed by atoms with Gasteiger partial charge in [0.2, 0.25) is 0 Å². The number of nitrogens with one attached hydrogen (secondary N) is 1. The number of nitrogens with zero attached hydrogens (tertiary/aromatic N) is 1. The molecule has 1 aromatic heterocycles. The van der Waals surface area contributed by atoms with Crippen LogP contribution in [-0.4, -0.2) is 35.8 Å². The minimum Gasteiger partial charge on any atom is -0.496 e. The molecule has 1 atom stereocenters. The zero-order chi connectivity index (χ0) is 19.3. The first kappa shape index (κ1) is 19.5. The summed E-state index contributed by atoms with van der Waals surface area (Å²) in [7, 11) is 1.54. The number of aromatic nitrogens is 1. The topological polar surface area (TPSA) is 102 Å². The number of amides is 1. The summed E-state index contributed by atoms with van der Waals surface area (Å²) in [5.74, 6) is -1.03. The summed E-state index contributed by atoms with van der Waals surface area (Å²) in [6.07, 6.45) is 0.242. The second-order valence-corrected chi connectivity index (χ2v) is 7.09. The molecule has 0 spiro atoms. The van der Waals surface area contributed by atoms with Crippen LogP contribution in [0.25, 0.3) is 0 Å². The Balaban J connectivity index is 2.03. The monoisotopic (exact) mass is 360 g/mol. The van der Waals surface area contributed by atoms with Crippen molar-refractivity contribution in [3.8, 4) is 5.75 Å². The second-order valence-electron chi connectivity index (χ2n) is 7.09. The number of methoxy groups -OCH3 is 1. The van der Waals surface area contributed by atoms with Crippen LogP contribution in [0, 0.1) is 5.92 Å². The van der Waals surface area contributed by atoms with Crippen molar-refractivity contribution in [2.45, 2.75) is 32.6 Å². The average molecular weight is 360 g/mol. The molecule has 0 radical (unpaired) electrons. The fourth-order valence-corrected chi connectivity index (χ4v) is 2.43. The molecular weight excluding hydrogens is 336 g/mol. The highest BCUT2D eigenvalue weighted by molar-refractivity contribution is 5.92. The lowest BCUT2D eigenvalue weighted by Crippen LogP contribution is -2.34. The number of carbonyl (C=O) groups is 2. The lowest BCUT2D eigenvalue weighted by atomic mass is 9.93. The Morgan fingerprint density at radius 1 is 1.31 bits per heavy atom. The minimum absolute atomic E-state index is 0.0239. The van der Waals surface area contributed by atoms with Crippen molar-refractivity contribution in [3.63, 3.8) is 0 Å². The summed E-state index contributed by atoms with van der Waals surface area (Å²) >= 11 is 0. The average Bonchev–Trinajstić information content (AvgIpc) is 3.09. The van der Waals surface area contributed by atoms with Gasteiger partial charge in [0.25, 0.3) is 5.91 Å². The Morgan fingerprint density at radius 2 is 2.00 bits per heavy atom. The number of aliphatic carboxylic acids is 1. The van der Waals surface area contributed by atoms with Crippen molar-refractivity contribution >= 4 is 11.9 Å². The third-order valence-corrected chi connectivity index (χ3v) is 4.00. The molecule has 7 nitrogen and oxygen atoms in total. The Labute approximate surface area is 152 Å². The summed E-state index contributed by atoms with van der Waals surface area (Å²) in [5, 5.41) is 15.8. The lowest BCUT2D eigenvalue weighted by Gasteiger charge is -2.15. The molecule has 2 rings (SSSR count). The maximum absolute atomic E-state index is 12.2. The zero-order valence-corrected chi connectivity index (χ0v) is 15.4. The predicted octanol–water partition coefficient (Wildman–Crippen LogP) is 2.65. The molecule has 7 heteroatoms. The Bertz CT molecular complexity index is 776. The highest BCUT2D eigenvalue weighted by atomic mass is 16.5. The first-order chi connectivity index (χ1) is 12.2. The normalized spacial score (nSPS) is 12.5. The van der Waals surface area contributed by atoms with E-state index in [-0.39, 0.29) is 24.1 Å². The van der Waals surface area contributed by atoms with Gasteiger partial charge in [0, 0.05) is 18.0 Å². The first-order valence-corrected chi connectivity index (χ1v) is 8.32. The molecule has 0 bridgehead atoms. The molecule has 26 heavy (non-hydrogen) atoms. The summed E-state index contributed by atoms with van der Waals surface area (Å²) in [5.41, 5.74) is 0.642. The molecule has 0 aliphatic rings. The Kier molecular flexibility index (Phi) is 6.02. The van der Waals surface area contributed by atoms with E-state index in [9.17, 15) is 14.7 Å². The molecule has 0 saturated heterocycles. The van der Waals surface area contributed by atoms with Gasteiger partial charge in [-0.3, -0.25) is 9.59 Å². The van der Waals surface area contributed by atoms with Crippen LogP contribution in [0.4, 0.5) is 0 Å². The van der Waals surface area contributed by atoms with Gasteiger partial charge in [0.05, 0.1) is 13.0 Å². The van der Waals surface area contributed by atoms with Crippen LogP contribution in [0.1, 0.15) is 42.6 Å². The smallest absolute Gasteiger partial charge is 0.308 e. The molecule has 0 saturated carbocycles. The number of hydrogen-bond donors (Lipinski definition) is 2. The Hall–Kier alpha value is -2.83. The van der Waals surface area contributed by atoms with Crippen LogP contribution in [0.2, 0.25) is 0 Å². The van der Waals surface area contributed by atoms with E-state index < -0.39 is 17.8 Å². The third kappa shape index (κ3) is 4.84. The van der Waals surface area contributed by atoms with Gasteiger partial charge in [-0.1, -0.05) is 44.1 Å². The number of hydrogen-bond acceptors (Lipinski definition) is 5. The van der Waals surface area contributed by atoms with Crippen molar-refractivity contribution in [1.29, 1.82) is 0 Å². The quantitative estimate of drug-likeness (QED) is 0.787. The molecule has 2 N–H and O–H groups in total. The van der Waals surface area contributed by atoms with E-state index in [2.05, 4.69) is 10.5 Å². The van der Waals surface area contributed by atoms with Gasteiger partial charge in [-0.2, -0.15) is 0 Å². The molecule has 2 aromatic rings. The minimum atomic E-state index is -0.994. The molecule has 140 valence electrons. The maximum atomic E-state index is 12.2. The predicted molar refractivity (Wildman–Crippen MR) is 95.4 cm³/mol. The second kappa shape index (κ2) is 8.03. The van der Waals surface area contributed by atoms with Gasteiger partial charge in [-0.05, 0) is 18.1 Å². The summed E-state index contributed by atoms with van der Waals surface area (Å²) < 4.78 is 10.4. The molecule has 1 heterocycles. The summed E-state index contributed by atoms with van der Waals surface area (Å²) in [6, 6.07) is 8.79. The molecule has 1 unspecified atom stereocenters. The standard InChI is InChI=1S/C19H24N2O5/c1-19(2,3)16-10-14(21-26-16)17(22)20-11-13(18(23)24)9-12-7-5-6-8-15(12)25-4/h5-8,10,13H,9,11H2,1-4H3,(H,20,22)(H,23,24). The van der Waals surface area contributed by atoms with Crippen molar-refractivity contribution in [2.24, 2.45) is 5.92 Å². The highest BCUT2D eigenvalue weighted by Gasteiger charge is 2.24. The van der Waals surface area contributed by atoms with Crippen molar-refractivity contribution in [3.05, 3.63) is 47.3 Å². The van der Waals surface area contributed by atoms with E-state index in [1.54, 1.807) is 12.1 Å². The number of carboxylic acids is 1. The van der Waals surface area contributed by atoms with E-state index in [0.29, 0.717) is 11.5 Å². The zero-order valence-electron chi connectivity index (χ0n) is 15.4. The van der Waals surface area contributed by atoms with Gasteiger partial charge >= 0.3 is 5.97 Å². The lowest BCUT2D eigenvalue weighted by molar-refractivity contribution is -0.141. The van der Waals surface area contributed by atoms with Crippen molar-refractivity contribution in [1.82, 2.24) is 10.5 Å². The highest BCUT2D eigenvalue weighted by Crippen LogP contribution is 2.23. The van der Waals surface area contributed by atoms with Crippen LogP contribution in [-0.2, 0) is 16.6 Å². The van der Waals surface area contributed by atoms with E-state index in [1.807, 2.05) is 39.0 Å². The summed E-state index contributed by atoms with van der Waals surface area (Å²) in [4.78, 5) is 23.8. The van der Waals surface area contributed by atoms with E-state index >= 15 is 0 Å². The number of carboxylic acid groups (broad SMARTS) is 1. The van der Waals surface area contributed by atoms with Crippen molar-refractivity contribution in [2.75, 3.05) is 13.7 Å². The maximum Gasteiger partial charge on any atom is 0.308 e. The van der Waals surface area contributed by atoms with Gasteiger partial charge in [0.1, 0.15) is 11.5 Å². The molecule has 0 aliphatic carbocycles. The Morgan fingerprint density at radius 3 is 2.58 bits per heavy atom. The van der Waals surface area contributed by atoms with Crippen LogP contribution >= 0.6 is 0 Å². The van der Waals surface area contributed by atoms with Gasteiger partial charge in [0.15, 0.2) is 5.69 Å². The van der Waals surface area contributed by atoms with Crippen molar-refractivity contribution < 1.29 is 24.0 Å². The van der Waals surface area contributed by atoms with E-state index in [1.165, 1.54) is 7.11 Å². The molecule has 0 fully saturated rings. The number of carbonyl (C=O) groups excluding carboxylic acids is 1. The fraction of sp³-hybridized carbons (Fsp3) is 0.421. The number of rotatable bonds is 7. The fourth-order valence-electron chi connectivity index (χ4n) is 2.43. The molecular formula is C19H24N2O5. The number of benzene rings is 1. The number of para-hydroxylation sites is 1.